The molecule has 2 aromatic heterocycles. The van der Waals surface area contributed by atoms with E-state index in [-0.39, 0.29) is 17.9 Å². The molecule has 0 saturated heterocycles. The van der Waals surface area contributed by atoms with Crippen LogP contribution < -0.4 is 5.32 Å². The van der Waals surface area contributed by atoms with Gasteiger partial charge in [-0.1, -0.05) is 42.0 Å². The first-order valence-corrected chi connectivity index (χ1v) is 13.1. The molecule has 1 N–H and O–H groups in total. The number of aromatic nitrogens is 1. The van der Waals surface area contributed by atoms with Crippen molar-refractivity contribution in [2.24, 2.45) is 0 Å². The van der Waals surface area contributed by atoms with Gasteiger partial charge in [0.1, 0.15) is 10.8 Å². The average molecular weight is 486 g/mol. The standard InChI is InChI=1S/C29H28FN3OS/c1-19-8-12-21(13-9-19)27-25-6-4-16-32(25)28-24(23-5-2-3-7-26(23)35-28)18-33(27)29(34)31-17-20-10-14-22(30)15-11-20/h4,6,8-16,27H,2-3,5,7,17-18H2,1H3,(H,31,34). The highest BCUT2D eigenvalue weighted by Crippen LogP contribution is 2.44. The van der Waals surface area contributed by atoms with Crippen LogP contribution in [0.5, 0.6) is 0 Å². The van der Waals surface area contributed by atoms with Crippen molar-refractivity contribution >= 4 is 17.4 Å². The second-order valence-electron chi connectivity index (χ2n) is 9.52. The van der Waals surface area contributed by atoms with Gasteiger partial charge in [0.25, 0.3) is 0 Å². The van der Waals surface area contributed by atoms with E-state index in [0.29, 0.717) is 13.1 Å². The molecular formula is C29H28FN3OS. The molecule has 0 saturated carbocycles. The maximum Gasteiger partial charge on any atom is 0.318 e. The quantitative estimate of drug-likeness (QED) is 0.345. The van der Waals surface area contributed by atoms with Crippen LogP contribution in [0.25, 0.3) is 5.00 Å². The zero-order valence-electron chi connectivity index (χ0n) is 19.8. The molecule has 3 heterocycles. The number of benzene rings is 2. The molecule has 1 aliphatic heterocycles. The molecule has 6 rings (SSSR count). The first kappa shape index (κ1) is 22.1. The Kier molecular flexibility index (Phi) is 5.69. The van der Waals surface area contributed by atoms with E-state index >= 15 is 0 Å². The van der Waals surface area contributed by atoms with E-state index in [2.05, 4.69) is 59.4 Å². The second-order valence-corrected chi connectivity index (χ2v) is 10.6. The minimum absolute atomic E-state index is 0.115. The van der Waals surface area contributed by atoms with Crippen LogP contribution in [0.4, 0.5) is 9.18 Å². The smallest absolute Gasteiger partial charge is 0.318 e. The average Bonchev–Trinajstić information content (AvgIpc) is 3.46. The molecule has 2 aliphatic rings. The molecule has 4 nitrogen and oxygen atoms in total. The number of hydrogen-bond donors (Lipinski definition) is 1. The van der Waals surface area contributed by atoms with Gasteiger partial charge in [-0.2, -0.15) is 0 Å². The highest BCUT2D eigenvalue weighted by Gasteiger charge is 2.35. The van der Waals surface area contributed by atoms with Crippen molar-refractivity contribution in [2.45, 2.75) is 51.7 Å². The van der Waals surface area contributed by atoms with E-state index in [1.54, 1.807) is 12.1 Å². The topological polar surface area (TPSA) is 37.3 Å². The van der Waals surface area contributed by atoms with Crippen molar-refractivity contribution in [3.8, 4) is 5.00 Å². The molecular weight excluding hydrogens is 457 g/mol. The summed E-state index contributed by atoms with van der Waals surface area (Å²) in [5, 5.41) is 4.36. The van der Waals surface area contributed by atoms with Crippen LogP contribution in [0.1, 0.15) is 57.3 Å². The number of amides is 2. The van der Waals surface area contributed by atoms with Gasteiger partial charge in [-0.15, -0.1) is 11.3 Å². The summed E-state index contributed by atoms with van der Waals surface area (Å²) in [6, 6.07) is 18.7. The van der Waals surface area contributed by atoms with Gasteiger partial charge in [-0.3, -0.25) is 0 Å². The second kappa shape index (κ2) is 9.00. The minimum Gasteiger partial charge on any atom is -0.334 e. The van der Waals surface area contributed by atoms with E-state index in [1.807, 2.05) is 16.2 Å². The van der Waals surface area contributed by atoms with E-state index in [9.17, 15) is 9.18 Å². The summed E-state index contributed by atoms with van der Waals surface area (Å²) in [7, 11) is 0. The van der Waals surface area contributed by atoms with Gasteiger partial charge in [0.15, 0.2) is 0 Å². The summed E-state index contributed by atoms with van der Waals surface area (Å²) in [5.41, 5.74) is 6.99. The van der Waals surface area contributed by atoms with Crippen LogP contribution in [0.15, 0.2) is 66.9 Å². The Bertz CT molecular complexity index is 1370. The summed E-state index contributed by atoms with van der Waals surface area (Å²) in [6.45, 7) is 3.00. The third kappa shape index (κ3) is 4.06. The molecule has 178 valence electrons. The predicted molar refractivity (Wildman–Crippen MR) is 137 cm³/mol. The number of aryl methyl sites for hydroxylation is 2. The van der Waals surface area contributed by atoms with Crippen LogP contribution in [-0.2, 0) is 25.9 Å². The lowest BCUT2D eigenvalue weighted by Gasteiger charge is -2.31. The summed E-state index contributed by atoms with van der Waals surface area (Å²) in [5.74, 6) is -0.275. The Labute approximate surface area is 209 Å². The van der Waals surface area contributed by atoms with Gasteiger partial charge in [0, 0.05) is 23.2 Å². The van der Waals surface area contributed by atoms with Crippen LogP contribution in [-0.4, -0.2) is 15.5 Å². The fourth-order valence-corrected chi connectivity index (χ4v) is 6.77. The lowest BCUT2D eigenvalue weighted by molar-refractivity contribution is 0.180. The molecule has 35 heavy (non-hydrogen) atoms. The number of hydrogen-bond acceptors (Lipinski definition) is 2. The largest absolute Gasteiger partial charge is 0.334 e. The lowest BCUT2D eigenvalue weighted by Crippen LogP contribution is -2.41. The summed E-state index contributed by atoms with van der Waals surface area (Å²) in [4.78, 5) is 17.3. The van der Waals surface area contributed by atoms with Gasteiger partial charge in [-0.05, 0) is 73.6 Å². The molecule has 1 atom stereocenters. The van der Waals surface area contributed by atoms with Crippen LogP contribution in [0.3, 0.4) is 0 Å². The lowest BCUT2D eigenvalue weighted by atomic mass is 9.95. The van der Waals surface area contributed by atoms with Gasteiger partial charge in [-0.25, -0.2) is 9.18 Å². The number of carbonyl (C=O) groups is 1. The van der Waals surface area contributed by atoms with E-state index in [0.717, 1.165) is 29.7 Å². The van der Waals surface area contributed by atoms with E-state index in [4.69, 9.17) is 0 Å². The number of fused-ring (bicyclic) bond motifs is 5. The summed E-state index contributed by atoms with van der Waals surface area (Å²) >= 11 is 1.89. The third-order valence-electron chi connectivity index (χ3n) is 7.19. The maximum atomic E-state index is 13.8. The fraction of sp³-hybridized carbons (Fsp3) is 0.276. The van der Waals surface area contributed by atoms with E-state index < -0.39 is 0 Å². The highest BCUT2D eigenvalue weighted by atomic mass is 32.1. The molecule has 0 radical (unpaired) electrons. The predicted octanol–water partition coefficient (Wildman–Crippen LogP) is 6.68. The van der Waals surface area contributed by atoms with Gasteiger partial charge in [0.05, 0.1) is 18.3 Å². The summed E-state index contributed by atoms with van der Waals surface area (Å²) in [6.07, 6.45) is 6.78. The maximum absolute atomic E-state index is 13.8. The fourth-order valence-electron chi connectivity index (χ4n) is 5.37. The van der Waals surface area contributed by atoms with Crippen molar-refractivity contribution in [1.29, 1.82) is 0 Å². The summed E-state index contributed by atoms with van der Waals surface area (Å²) < 4.78 is 15.7. The van der Waals surface area contributed by atoms with Gasteiger partial charge >= 0.3 is 6.03 Å². The van der Waals surface area contributed by atoms with Gasteiger partial charge in [0.2, 0.25) is 0 Å². The van der Waals surface area contributed by atoms with Crippen molar-refractivity contribution in [3.63, 3.8) is 0 Å². The zero-order chi connectivity index (χ0) is 23.9. The Morgan fingerprint density at radius 3 is 2.60 bits per heavy atom. The number of carbonyl (C=O) groups excluding carboxylic acids is 1. The molecule has 6 heteroatoms. The monoisotopic (exact) mass is 485 g/mol. The first-order chi connectivity index (χ1) is 17.1. The highest BCUT2D eigenvalue weighted by molar-refractivity contribution is 7.15. The van der Waals surface area contributed by atoms with Crippen LogP contribution in [0, 0.1) is 12.7 Å². The number of halogens is 1. The number of urea groups is 1. The number of nitrogens with zero attached hydrogens (tertiary/aromatic N) is 2. The van der Waals surface area contributed by atoms with Crippen molar-refractivity contribution < 1.29 is 9.18 Å². The zero-order valence-corrected chi connectivity index (χ0v) is 20.6. The van der Waals surface area contributed by atoms with Gasteiger partial charge < -0.3 is 14.8 Å². The van der Waals surface area contributed by atoms with E-state index in [1.165, 1.54) is 51.5 Å². The molecule has 2 aromatic carbocycles. The van der Waals surface area contributed by atoms with Crippen LogP contribution in [0.2, 0.25) is 0 Å². The molecule has 0 bridgehead atoms. The molecule has 1 aliphatic carbocycles. The first-order valence-electron chi connectivity index (χ1n) is 12.2. The third-order valence-corrected chi connectivity index (χ3v) is 8.52. The van der Waals surface area contributed by atoms with Crippen molar-refractivity contribution in [1.82, 2.24) is 14.8 Å². The Balaban J connectivity index is 1.42. The Morgan fingerprint density at radius 2 is 1.80 bits per heavy atom. The molecule has 4 aromatic rings. The SMILES string of the molecule is Cc1ccc(C2c3cccn3-c3sc4c(c3CN2C(=O)NCc2ccc(F)cc2)CCCC4)cc1. The molecule has 0 fully saturated rings. The minimum atomic E-state index is -0.275. The number of thiophene rings is 1. The normalized spacial score (nSPS) is 16.7. The number of rotatable bonds is 3. The Hall–Kier alpha value is -3.38. The van der Waals surface area contributed by atoms with Crippen LogP contribution >= 0.6 is 11.3 Å². The molecule has 2 amide bonds. The molecule has 0 spiro atoms. The number of nitrogens with one attached hydrogen (secondary N) is 1. The van der Waals surface area contributed by atoms with Crippen molar-refractivity contribution in [2.75, 3.05) is 0 Å². The Morgan fingerprint density at radius 1 is 1.03 bits per heavy atom. The molecule has 1 unspecified atom stereocenters. The van der Waals surface area contributed by atoms with Crippen molar-refractivity contribution in [3.05, 3.63) is 111 Å².